The van der Waals surface area contributed by atoms with E-state index in [1.54, 1.807) is 30.6 Å². The van der Waals surface area contributed by atoms with Crippen LogP contribution in [0.1, 0.15) is 34.6 Å². The number of hydrogen-bond acceptors (Lipinski definition) is 4. The van der Waals surface area contributed by atoms with Gasteiger partial charge in [-0.05, 0) is 49.6 Å². The smallest absolute Gasteiger partial charge is 0.256 e. The summed E-state index contributed by atoms with van der Waals surface area (Å²) in [6.45, 7) is 6.04. The van der Waals surface area contributed by atoms with E-state index in [0.717, 1.165) is 18.8 Å². The Kier molecular flexibility index (Phi) is 5.76. The summed E-state index contributed by atoms with van der Waals surface area (Å²) in [6.07, 6.45) is 0. The normalized spacial score (nSPS) is 10.2. The van der Waals surface area contributed by atoms with Gasteiger partial charge in [-0.25, -0.2) is 0 Å². The van der Waals surface area contributed by atoms with Gasteiger partial charge in [0.2, 0.25) is 0 Å². The number of amides is 2. The number of carbonyl (C=O) groups is 2. The fraction of sp³-hybridized carbons (Fsp3) is 0.294. The van der Waals surface area contributed by atoms with Crippen LogP contribution in [-0.4, -0.2) is 32.0 Å². The number of thiophene rings is 1. The number of nitrogens with one attached hydrogen (secondary N) is 2. The third kappa shape index (κ3) is 3.90. The average molecular weight is 331 g/mol. The molecular formula is C17H21N3O2S. The number of anilines is 2. The molecule has 0 aliphatic rings. The zero-order valence-corrected chi connectivity index (χ0v) is 14.4. The van der Waals surface area contributed by atoms with Gasteiger partial charge in [0, 0.05) is 31.4 Å². The molecule has 0 radical (unpaired) electrons. The maximum Gasteiger partial charge on any atom is 0.256 e. The molecule has 0 aliphatic carbocycles. The summed E-state index contributed by atoms with van der Waals surface area (Å²) < 4.78 is 0. The third-order valence-corrected chi connectivity index (χ3v) is 4.45. The lowest BCUT2D eigenvalue weighted by Gasteiger charge is -2.21. The molecular weight excluding hydrogens is 310 g/mol. The van der Waals surface area contributed by atoms with Crippen LogP contribution >= 0.6 is 11.3 Å². The Labute approximate surface area is 140 Å². The summed E-state index contributed by atoms with van der Waals surface area (Å²) >= 11 is 1.33. The van der Waals surface area contributed by atoms with Gasteiger partial charge in [-0.1, -0.05) is 0 Å². The largest absolute Gasteiger partial charge is 0.372 e. The molecule has 0 aliphatic heterocycles. The van der Waals surface area contributed by atoms with E-state index in [2.05, 4.69) is 29.4 Å². The maximum atomic E-state index is 12.3. The number of carbonyl (C=O) groups excluding carboxylic acids is 2. The van der Waals surface area contributed by atoms with Crippen molar-refractivity contribution in [2.45, 2.75) is 13.8 Å². The van der Waals surface area contributed by atoms with Crippen molar-refractivity contribution in [1.29, 1.82) is 0 Å². The minimum absolute atomic E-state index is 0.210. The molecule has 0 fully saturated rings. The number of benzene rings is 1. The van der Waals surface area contributed by atoms with E-state index in [1.165, 1.54) is 11.3 Å². The third-order valence-electron chi connectivity index (χ3n) is 3.62. The van der Waals surface area contributed by atoms with Crippen LogP contribution in [0.3, 0.4) is 0 Å². The van der Waals surface area contributed by atoms with Gasteiger partial charge in [-0.15, -0.1) is 11.3 Å². The Hall–Kier alpha value is -2.34. The second kappa shape index (κ2) is 7.78. The molecule has 0 saturated heterocycles. The lowest BCUT2D eigenvalue weighted by Crippen LogP contribution is -2.22. The molecule has 0 atom stereocenters. The molecule has 1 aromatic carbocycles. The molecule has 23 heavy (non-hydrogen) atoms. The second-order valence-corrected chi connectivity index (χ2v) is 5.83. The van der Waals surface area contributed by atoms with E-state index in [1.807, 2.05) is 12.1 Å². The van der Waals surface area contributed by atoms with Gasteiger partial charge in [0.05, 0.1) is 5.56 Å². The summed E-state index contributed by atoms with van der Waals surface area (Å²) in [6, 6.07) is 9.18. The van der Waals surface area contributed by atoms with Gasteiger partial charge >= 0.3 is 0 Å². The minimum Gasteiger partial charge on any atom is -0.372 e. The van der Waals surface area contributed by atoms with Gasteiger partial charge in [0.25, 0.3) is 11.8 Å². The highest BCUT2D eigenvalue weighted by Crippen LogP contribution is 2.24. The lowest BCUT2D eigenvalue weighted by atomic mass is 10.1. The molecule has 2 N–H and O–H groups in total. The fourth-order valence-corrected chi connectivity index (χ4v) is 3.09. The van der Waals surface area contributed by atoms with E-state index in [0.29, 0.717) is 16.1 Å². The van der Waals surface area contributed by atoms with Crippen molar-refractivity contribution in [2.24, 2.45) is 0 Å². The lowest BCUT2D eigenvalue weighted by molar-refractivity contribution is 0.0964. The van der Waals surface area contributed by atoms with E-state index in [-0.39, 0.29) is 11.8 Å². The van der Waals surface area contributed by atoms with Gasteiger partial charge in [0.15, 0.2) is 0 Å². The van der Waals surface area contributed by atoms with E-state index in [4.69, 9.17) is 0 Å². The Morgan fingerprint density at radius 1 is 1.04 bits per heavy atom. The summed E-state index contributed by atoms with van der Waals surface area (Å²) in [5.74, 6) is -0.429. The Balaban J connectivity index is 2.12. The zero-order chi connectivity index (χ0) is 16.8. The van der Waals surface area contributed by atoms with E-state index >= 15 is 0 Å². The van der Waals surface area contributed by atoms with Crippen molar-refractivity contribution in [3.05, 3.63) is 46.8 Å². The second-order valence-electron chi connectivity index (χ2n) is 4.92. The highest BCUT2D eigenvalue weighted by Gasteiger charge is 2.15. The predicted molar refractivity (Wildman–Crippen MR) is 95.7 cm³/mol. The monoisotopic (exact) mass is 331 g/mol. The van der Waals surface area contributed by atoms with Crippen LogP contribution in [0.5, 0.6) is 0 Å². The van der Waals surface area contributed by atoms with Crippen molar-refractivity contribution in [3.8, 4) is 0 Å². The van der Waals surface area contributed by atoms with E-state index in [9.17, 15) is 9.59 Å². The molecule has 2 aromatic rings. The first-order valence-electron chi connectivity index (χ1n) is 7.56. The van der Waals surface area contributed by atoms with E-state index < -0.39 is 0 Å². The maximum absolute atomic E-state index is 12.3. The highest BCUT2D eigenvalue weighted by molar-refractivity contribution is 7.14. The van der Waals surface area contributed by atoms with Gasteiger partial charge in [-0.3, -0.25) is 9.59 Å². The standard InChI is InChI=1S/C17H21N3O2S/c1-4-20(5-2)13-8-6-12(7-9-13)15(21)19-17-14(10-11-23-17)16(22)18-3/h6-11H,4-5H2,1-3H3,(H,18,22)(H,19,21). The van der Waals surface area contributed by atoms with Crippen LogP contribution in [0.15, 0.2) is 35.7 Å². The van der Waals surface area contributed by atoms with Crippen LogP contribution < -0.4 is 15.5 Å². The van der Waals surface area contributed by atoms with Gasteiger partial charge in [-0.2, -0.15) is 0 Å². The summed E-state index contributed by atoms with van der Waals surface area (Å²) in [5.41, 5.74) is 2.14. The molecule has 0 saturated carbocycles. The van der Waals surface area contributed by atoms with Crippen LogP contribution in [0, 0.1) is 0 Å². The molecule has 1 aromatic heterocycles. The fourth-order valence-electron chi connectivity index (χ4n) is 2.31. The molecule has 6 heteroatoms. The Morgan fingerprint density at radius 3 is 2.26 bits per heavy atom. The first kappa shape index (κ1) is 17.0. The predicted octanol–water partition coefficient (Wildman–Crippen LogP) is 3.21. The summed E-state index contributed by atoms with van der Waals surface area (Å²) in [4.78, 5) is 26.3. The number of nitrogens with zero attached hydrogens (tertiary/aromatic N) is 1. The minimum atomic E-state index is -0.219. The SMILES string of the molecule is CCN(CC)c1ccc(C(=O)Nc2sccc2C(=O)NC)cc1. The topological polar surface area (TPSA) is 61.4 Å². The van der Waals surface area contributed by atoms with Gasteiger partial charge in [0.1, 0.15) is 5.00 Å². The van der Waals surface area contributed by atoms with Crippen LogP contribution in [0.4, 0.5) is 10.7 Å². The first-order chi connectivity index (χ1) is 11.1. The highest BCUT2D eigenvalue weighted by atomic mass is 32.1. The number of rotatable bonds is 6. The van der Waals surface area contributed by atoms with Crippen molar-refractivity contribution in [2.75, 3.05) is 30.4 Å². The molecule has 2 rings (SSSR count). The molecule has 122 valence electrons. The zero-order valence-electron chi connectivity index (χ0n) is 13.6. The molecule has 0 spiro atoms. The molecule has 1 heterocycles. The summed E-state index contributed by atoms with van der Waals surface area (Å²) in [5, 5.41) is 7.71. The van der Waals surface area contributed by atoms with Crippen LogP contribution in [0.2, 0.25) is 0 Å². The summed E-state index contributed by atoms with van der Waals surface area (Å²) in [7, 11) is 1.57. The molecule has 0 unspecified atom stereocenters. The van der Waals surface area contributed by atoms with Crippen molar-refractivity contribution < 1.29 is 9.59 Å². The van der Waals surface area contributed by atoms with Crippen molar-refractivity contribution in [1.82, 2.24) is 5.32 Å². The Morgan fingerprint density at radius 2 is 1.70 bits per heavy atom. The average Bonchev–Trinajstić information content (AvgIpc) is 3.04. The van der Waals surface area contributed by atoms with Crippen molar-refractivity contribution in [3.63, 3.8) is 0 Å². The van der Waals surface area contributed by atoms with Crippen LogP contribution in [-0.2, 0) is 0 Å². The number of hydrogen-bond donors (Lipinski definition) is 2. The molecule has 5 nitrogen and oxygen atoms in total. The van der Waals surface area contributed by atoms with Gasteiger partial charge < -0.3 is 15.5 Å². The molecule has 0 bridgehead atoms. The Bertz CT molecular complexity index is 675. The van der Waals surface area contributed by atoms with Crippen LogP contribution in [0.25, 0.3) is 0 Å². The van der Waals surface area contributed by atoms with Crippen molar-refractivity contribution >= 4 is 33.8 Å². The first-order valence-corrected chi connectivity index (χ1v) is 8.44. The molecule has 2 amide bonds. The quantitative estimate of drug-likeness (QED) is 0.854.